The highest BCUT2D eigenvalue weighted by atomic mass is 16.7. The third-order valence-corrected chi connectivity index (χ3v) is 3.92. The lowest BCUT2D eigenvalue weighted by Gasteiger charge is -2.25. The van der Waals surface area contributed by atoms with Crippen molar-refractivity contribution in [2.75, 3.05) is 5.06 Å². The van der Waals surface area contributed by atoms with Crippen molar-refractivity contribution >= 4 is 11.8 Å². The van der Waals surface area contributed by atoms with Crippen LogP contribution in [0.15, 0.2) is 104 Å². The minimum atomic E-state index is -0.590. The molecule has 0 saturated heterocycles. The molecule has 0 unspecified atom stereocenters. The molecular weight excluding hydrogens is 338 g/mol. The zero-order valence-electron chi connectivity index (χ0n) is 14.9. The molecule has 0 aliphatic heterocycles. The van der Waals surface area contributed by atoms with Crippen LogP contribution in [0, 0.1) is 0 Å². The Kier molecular flexibility index (Phi) is 6.39. The summed E-state index contributed by atoms with van der Waals surface area (Å²) in [5.74, 6) is 0. The largest absolute Gasteiger partial charge is 0.443 e. The molecule has 4 nitrogen and oxygen atoms in total. The minimum Gasteiger partial charge on any atom is -0.443 e. The molecule has 27 heavy (non-hydrogen) atoms. The summed E-state index contributed by atoms with van der Waals surface area (Å²) in [6, 6.07) is 28.2. The van der Waals surface area contributed by atoms with Gasteiger partial charge in [-0.1, -0.05) is 84.9 Å². The van der Waals surface area contributed by atoms with E-state index < -0.39 is 12.2 Å². The standard InChI is InChI=1S/C23H21NO3/c1-2-22(20-14-8-4-9-15-20)27-24(21-16-10-5-11-17-21)23(25)26-18-19-12-6-3-7-13-19/h2-17,22H,1,18H2/t22-/m1/s1. The Bertz CT molecular complexity index is 851. The number of anilines is 1. The Labute approximate surface area is 159 Å². The van der Waals surface area contributed by atoms with Gasteiger partial charge in [-0.25, -0.2) is 4.79 Å². The highest BCUT2D eigenvalue weighted by Gasteiger charge is 2.23. The Morgan fingerprint density at radius 1 is 0.889 bits per heavy atom. The average Bonchev–Trinajstić information content (AvgIpc) is 2.75. The van der Waals surface area contributed by atoms with Gasteiger partial charge in [-0.2, -0.15) is 5.06 Å². The van der Waals surface area contributed by atoms with Crippen LogP contribution < -0.4 is 5.06 Å². The lowest BCUT2D eigenvalue weighted by atomic mass is 10.1. The molecule has 3 aromatic carbocycles. The summed E-state index contributed by atoms with van der Waals surface area (Å²) in [6.45, 7) is 4.00. The van der Waals surface area contributed by atoms with Gasteiger partial charge in [-0.15, -0.1) is 6.58 Å². The lowest BCUT2D eigenvalue weighted by Crippen LogP contribution is -2.33. The quantitative estimate of drug-likeness (QED) is 0.402. The first-order valence-corrected chi connectivity index (χ1v) is 8.68. The van der Waals surface area contributed by atoms with Gasteiger partial charge in [0.25, 0.3) is 0 Å². The maximum Gasteiger partial charge on any atom is 0.439 e. The van der Waals surface area contributed by atoms with Crippen molar-refractivity contribution in [1.29, 1.82) is 0 Å². The smallest absolute Gasteiger partial charge is 0.439 e. The molecule has 3 aromatic rings. The predicted octanol–water partition coefficient (Wildman–Crippen LogP) is 5.69. The third-order valence-electron chi connectivity index (χ3n) is 3.92. The molecule has 0 spiro atoms. The van der Waals surface area contributed by atoms with Crippen molar-refractivity contribution in [2.45, 2.75) is 12.7 Å². The van der Waals surface area contributed by atoms with Crippen molar-refractivity contribution in [1.82, 2.24) is 0 Å². The van der Waals surface area contributed by atoms with Gasteiger partial charge < -0.3 is 4.74 Å². The second-order valence-corrected chi connectivity index (χ2v) is 5.84. The van der Waals surface area contributed by atoms with E-state index >= 15 is 0 Å². The molecule has 0 aromatic heterocycles. The van der Waals surface area contributed by atoms with E-state index in [1.165, 1.54) is 5.06 Å². The van der Waals surface area contributed by atoms with Gasteiger partial charge in [-0.3, -0.25) is 4.84 Å². The number of carbonyl (C=O) groups is 1. The molecule has 0 fully saturated rings. The number of benzene rings is 3. The summed E-state index contributed by atoms with van der Waals surface area (Å²) in [5, 5.41) is 1.17. The zero-order chi connectivity index (χ0) is 18.9. The van der Waals surface area contributed by atoms with Crippen LogP contribution in [-0.2, 0) is 16.2 Å². The number of amides is 1. The maximum atomic E-state index is 12.7. The Hall–Kier alpha value is -3.37. The molecule has 0 bridgehead atoms. The highest BCUT2D eigenvalue weighted by molar-refractivity contribution is 5.85. The normalized spacial score (nSPS) is 11.4. The lowest BCUT2D eigenvalue weighted by molar-refractivity contribution is 0.0436. The van der Waals surface area contributed by atoms with E-state index in [0.717, 1.165) is 11.1 Å². The van der Waals surface area contributed by atoms with Crippen LogP contribution in [0.5, 0.6) is 0 Å². The maximum absolute atomic E-state index is 12.7. The fourth-order valence-corrected chi connectivity index (χ4v) is 2.55. The Morgan fingerprint density at radius 2 is 1.44 bits per heavy atom. The Balaban J connectivity index is 1.78. The van der Waals surface area contributed by atoms with Gasteiger partial charge in [0.2, 0.25) is 0 Å². The minimum absolute atomic E-state index is 0.163. The molecule has 3 rings (SSSR count). The van der Waals surface area contributed by atoms with E-state index in [4.69, 9.17) is 9.57 Å². The number of hydrogen-bond acceptors (Lipinski definition) is 3. The molecule has 1 atom stereocenters. The first-order chi connectivity index (χ1) is 13.3. The summed E-state index contributed by atoms with van der Waals surface area (Å²) in [4.78, 5) is 18.7. The fourth-order valence-electron chi connectivity index (χ4n) is 2.55. The predicted molar refractivity (Wildman–Crippen MR) is 106 cm³/mol. The summed E-state index contributed by atoms with van der Waals surface area (Å²) in [5.41, 5.74) is 2.38. The molecule has 0 radical (unpaired) electrons. The van der Waals surface area contributed by atoms with Crippen LogP contribution in [0.3, 0.4) is 0 Å². The van der Waals surface area contributed by atoms with Crippen LogP contribution in [0.4, 0.5) is 10.5 Å². The number of nitrogens with zero attached hydrogens (tertiary/aromatic N) is 1. The van der Waals surface area contributed by atoms with Crippen molar-refractivity contribution in [3.8, 4) is 0 Å². The number of ether oxygens (including phenoxy) is 1. The van der Waals surface area contributed by atoms with Crippen LogP contribution in [0.2, 0.25) is 0 Å². The van der Waals surface area contributed by atoms with E-state index in [2.05, 4.69) is 6.58 Å². The van der Waals surface area contributed by atoms with Crippen molar-refractivity contribution in [2.24, 2.45) is 0 Å². The number of rotatable bonds is 7. The highest BCUT2D eigenvalue weighted by Crippen LogP contribution is 2.24. The van der Waals surface area contributed by atoms with E-state index in [1.54, 1.807) is 18.2 Å². The number of hydroxylamine groups is 1. The van der Waals surface area contributed by atoms with Gasteiger partial charge in [0.1, 0.15) is 12.7 Å². The SMILES string of the molecule is C=C[C@@H](ON(C(=O)OCc1ccccc1)c1ccccc1)c1ccccc1. The van der Waals surface area contributed by atoms with E-state index in [-0.39, 0.29) is 6.61 Å². The molecule has 0 heterocycles. The first-order valence-electron chi connectivity index (χ1n) is 8.68. The average molecular weight is 359 g/mol. The summed E-state index contributed by atoms with van der Waals surface area (Å²) >= 11 is 0. The molecule has 136 valence electrons. The number of carbonyl (C=O) groups excluding carboxylic acids is 1. The summed E-state index contributed by atoms with van der Waals surface area (Å²) < 4.78 is 5.45. The van der Waals surface area contributed by atoms with Gasteiger partial charge in [0, 0.05) is 0 Å². The van der Waals surface area contributed by atoms with Crippen LogP contribution in [-0.4, -0.2) is 6.09 Å². The van der Waals surface area contributed by atoms with Crippen molar-refractivity contribution < 1.29 is 14.4 Å². The van der Waals surface area contributed by atoms with Gasteiger partial charge >= 0.3 is 6.09 Å². The van der Waals surface area contributed by atoms with Crippen molar-refractivity contribution in [3.63, 3.8) is 0 Å². The fraction of sp³-hybridized carbons (Fsp3) is 0.0870. The molecule has 0 aliphatic rings. The van der Waals surface area contributed by atoms with Gasteiger partial charge in [0.15, 0.2) is 0 Å². The molecule has 4 heteroatoms. The second-order valence-electron chi connectivity index (χ2n) is 5.84. The molecular formula is C23H21NO3. The topological polar surface area (TPSA) is 38.8 Å². The van der Waals surface area contributed by atoms with Gasteiger partial charge in [0.05, 0.1) is 5.69 Å². The molecule has 0 N–H and O–H groups in total. The van der Waals surface area contributed by atoms with Gasteiger partial charge in [-0.05, 0) is 23.3 Å². The first kappa shape index (κ1) is 18.4. The van der Waals surface area contributed by atoms with E-state index in [1.807, 2.05) is 78.9 Å². The number of hydrogen-bond donors (Lipinski definition) is 0. The summed E-state index contributed by atoms with van der Waals surface area (Å²) in [6.07, 6.45) is 0.568. The monoisotopic (exact) mass is 359 g/mol. The molecule has 0 aliphatic carbocycles. The summed E-state index contributed by atoms with van der Waals surface area (Å²) in [7, 11) is 0. The molecule has 1 amide bonds. The zero-order valence-corrected chi connectivity index (χ0v) is 14.9. The van der Waals surface area contributed by atoms with Crippen molar-refractivity contribution in [3.05, 3.63) is 115 Å². The van der Waals surface area contributed by atoms with E-state index in [9.17, 15) is 4.79 Å². The third kappa shape index (κ3) is 5.06. The van der Waals surface area contributed by atoms with Crippen LogP contribution in [0.25, 0.3) is 0 Å². The van der Waals surface area contributed by atoms with E-state index in [0.29, 0.717) is 5.69 Å². The van der Waals surface area contributed by atoms with Crippen LogP contribution in [0.1, 0.15) is 17.2 Å². The van der Waals surface area contributed by atoms with Crippen LogP contribution >= 0.6 is 0 Å². The second kappa shape index (κ2) is 9.36. The Morgan fingerprint density at radius 3 is 2.04 bits per heavy atom. The number of para-hydroxylation sites is 1. The molecule has 0 saturated carbocycles.